The minimum absolute atomic E-state index is 0.000671. The van der Waals surface area contributed by atoms with E-state index < -0.39 is 16.1 Å². The Hall–Kier alpha value is -1.93. The molecule has 0 spiro atoms. The maximum Gasteiger partial charge on any atom is 0.312 e. The average Bonchev–Trinajstić information content (AvgIpc) is 2.34. The summed E-state index contributed by atoms with van der Waals surface area (Å²) in [6, 6.07) is 4.99. The number of carbonyl (C=O) groups is 2. The predicted molar refractivity (Wildman–Crippen MR) is 69.2 cm³/mol. The number of carbonyl (C=O) groups excluding carboxylic acids is 2. The summed E-state index contributed by atoms with van der Waals surface area (Å²) in [5.41, 5.74) is 5.16. The molecule has 0 aliphatic carbocycles. The molecule has 0 saturated carbocycles. The lowest BCUT2D eigenvalue weighted by molar-refractivity contribution is 0.101. The van der Waals surface area contributed by atoms with Crippen LogP contribution < -0.4 is 15.8 Å². The second-order valence-corrected chi connectivity index (χ2v) is 5.54. The van der Waals surface area contributed by atoms with E-state index in [1.54, 1.807) is 0 Å². The fourth-order valence-electron chi connectivity index (χ4n) is 1.34. The summed E-state index contributed by atoms with van der Waals surface area (Å²) >= 11 is 0. The quantitative estimate of drug-likeness (QED) is 0.497. The van der Waals surface area contributed by atoms with Gasteiger partial charge in [0.05, 0.1) is 4.90 Å². The lowest BCUT2D eigenvalue weighted by Gasteiger charge is -2.07. The first-order valence-electron chi connectivity index (χ1n) is 5.47. The number of amides is 2. The number of hydrogen-bond donors (Lipinski definition) is 3. The molecule has 8 heteroatoms. The zero-order chi connectivity index (χ0) is 14.5. The highest BCUT2D eigenvalue weighted by molar-refractivity contribution is 7.89. The van der Waals surface area contributed by atoms with E-state index in [2.05, 4.69) is 10.0 Å². The smallest absolute Gasteiger partial charge is 0.312 e. The average molecular weight is 285 g/mol. The molecule has 2 amide bonds. The number of nitrogens with two attached hydrogens (primary N) is 1. The van der Waals surface area contributed by atoms with Crippen molar-refractivity contribution < 1.29 is 18.0 Å². The summed E-state index contributed by atoms with van der Waals surface area (Å²) in [4.78, 5) is 21.6. The molecule has 19 heavy (non-hydrogen) atoms. The second-order valence-electron chi connectivity index (χ2n) is 3.77. The van der Waals surface area contributed by atoms with Gasteiger partial charge in [0.1, 0.15) is 0 Å². The van der Waals surface area contributed by atoms with E-state index in [0.29, 0.717) is 5.56 Å². The van der Waals surface area contributed by atoms with Crippen LogP contribution in [-0.2, 0) is 10.0 Å². The predicted octanol–water partition coefficient (Wildman–Crippen LogP) is -0.164. The summed E-state index contributed by atoms with van der Waals surface area (Å²) in [6.45, 7) is 1.45. The molecular weight excluding hydrogens is 270 g/mol. The third-order valence-electron chi connectivity index (χ3n) is 2.27. The van der Waals surface area contributed by atoms with Crippen molar-refractivity contribution in [3.05, 3.63) is 29.8 Å². The monoisotopic (exact) mass is 285 g/mol. The van der Waals surface area contributed by atoms with E-state index in [1.165, 1.54) is 31.2 Å². The van der Waals surface area contributed by atoms with Gasteiger partial charge < -0.3 is 11.1 Å². The Morgan fingerprint density at radius 3 is 2.53 bits per heavy atom. The summed E-state index contributed by atoms with van der Waals surface area (Å²) in [6.07, 6.45) is 0. The Labute approximate surface area is 111 Å². The Morgan fingerprint density at radius 1 is 1.26 bits per heavy atom. The molecule has 1 aromatic rings. The minimum atomic E-state index is -3.71. The Bertz CT molecular complexity index is 583. The minimum Gasteiger partial charge on any atom is -0.352 e. The van der Waals surface area contributed by atoms with Gasteiger partial charge in [-0.3, -0.25) is 4.79 Å². The van der Waals surface area contributed by atoms with Crippen LogP contribution >= 0.6 is 0 Å². The van der Waals surface area contributed by atoms with Crippen molar-refractivity contribution >= 4 is 21.8 Å². The van der Waals surface area contributed by atoms with E-state index in [0.717, 1.165) is 0 Å². The van der Waals surface area contributed by atoms with Crippen LogP contribution in [0.25, 0.3) is 0 Å². The number of ketones is 1. The number of hydrogen-bond acceptors (Lipinski definition) is 4. The molecule has 0 aliphatic heterocycles. The summed E-state index contributed by atoms with van der Waals surface area (Å²) in [7, 11) is -3.71. The van der Waals surface area contributed by atoms with E-state index in [-0.39, 0.29) is 23.8 Å². The molecule has 7 nitrogen and oxygen atoms in total. The molecule has 0 heterocycles. The highest BCUT2D eigenvalue weighted by Crippen LogP contribution is 2.11. The molecular formula is C11H15N3O4S. The van der Waals surface area contributed by atoms with Crippen molar-refractivity contribution in [3.8, 4) is 0 Å². The van der Waals surface area contributed by atoms with E-state index >= 15 is 0 Å². The summed E-state index contributed by atoms with van der Waals surface area (Å²) in [5.74, 6) is -0.215. The highest BCUT2D eigenvalue weighted by Gasteiger charge is 2.14. The van der Waals surface area contributed by atoms with Crippen molar-refractivity contribution in [2.24, 2.45) is 5.73 Å². The van der Waals surface area contributed by atoms with Crippen LogP contribution in [0.1, 0.15) is 17.3 Å². The van der Waals surface area contributed by atoms with E-state index in [1.807, 2.05) is 0 Å². The van der Waals surface area contributed by atoms with Crippen LogP contribution in [0, 0.1) is 0 Å². The van der Waals surface area contributed by atoms with Crippen molar-refractivity contribution in [3.63, 3.8) is 0 Å². The maximum atomic E-state index is 11.9. The first-order chi connectivity index (χ1) is 8.83. The van der Waals surface area contributed by atoms with Gasteiger partial charge >= 0.3 is 6.03 Å². The van der Waals surface area contributed by atoms with E-state index in [4.69, 9.17) is 5.73 Å². The highest BCUT2D eigenvalue weighted by atomic mass is 32.2. The SMILES string of the molecule is CC(=O)c1cccc(S(=O)(=O)NCCNC(N)=O)c1. The zero-order valence-corrected chi connectivity index (χ0v) is 11.2. The normalized spacial score (nSPS) is 11.0. The van der Waals surface area contributed by atoms with Gasteiger partial charge in [-0.2, -0.15) is 0 Å². The van der Waals surface area contributed by atoms with Gasteiger partial charge in [-0.25, -0.2) is 17.9 Å². The molecule has 1 aromatic carbocycles. The number of urea groups is 1. The van der Waals surface area contributed by atoms with Crippen molar-refractivity contribution in [1.82, 2.24) is 10.0 Å². The standard InChI is InChI=1S/C11H15N3O4S/c1-8(15)9-3-2-4-10(7-9)19(17,18)14-6-5-13-11(12)16/h2-4,7,14H,5-6H2,1H3,(H3,12,13,16). The first-order valence-corrected chi connectivity index (χ1v) is 6.95. The molecule has 4 N–H and O–H groups in total. The number of Topliss-reactive ketones (excluding diaryl/α,β-unsaturated/α-hetero) is 1. The number of benzene rings is 1. The molecule has 104 valence electrons. The van der Waals surface area contributed by atoms with Gasteiger partial charge in [-0.15, -0.1) is 0 Å². The number of rotatable bonds is 6. The lowest BCUT2D eigenvalue weighted by atomic mass is 10.2. The number of nitrogens with one attached hydrogen (secondary N) is 2. The molecule has 0 radical (unpaired) electrons. The molecule has 0 bridgehead atoms. The van der Waals surface area contributed by atoms with Gasteiger partial charge in [0, 0.05) is 18.7 Å². The lowest BCUT2D eigenvalue weighted by Crippen LogP contribution is -2.37. The molecule has 0 atom stereocenters. The largest absolute Gasteiger partial charge is 0.352 e. The topological polar surface area (TPSA) is 118 Å². The van der Waals surface area contributed by atoms with Crippen molar-refractivity contribution in [2.75, 3.05) is 13.1 Å². The molecule has 0 aromatic heterocycles. The van der Waals surface area contributed by atoms with Crippen LogP contribution in [0.5, 0.6) is 0 Å². The maximum absolute atomic E-state index is 11.9. The fourth-order valence-corrected chi connectivity index (χ4v) is 2.41. The van der Waals surface area contributed by atoms with Gasteiger partial charge in [0.25, 0.3) is 0 Å². The molecule has 0 fully saturated rings. The Balaban J connectivity index is 2.74. The fraction of sp³-hybridized carbons (Fsp3) is 0.273. The van der Waals surface area contributed by atoms with E-state index in [9.17, 15) is 18.0 Å². The van der Waals surface area contributed by atoms with Crippen LogP contribution in [0.2, 0.25) is 0 Å². The van der Waals surface area contributed by atoms with Gasteiger partial charge in [0.15, 0.2) is 5.78 Å². The molecule has 0 aliphatic rings. The number of sulfonamides is 1. The summed E-state index contributed by atoms with van der Waals surface area (Å²) < 4.78 is 26.1. The second kappa shape index (κ2) is 6.30. The Morgan fingerprint density at radius 2 is 1.95 bits per heavy atom. The third kappa shape index (κ3) is 4.68. The third-order valence-corrected chi connectivity index (χ3v) is 3.73. The zero-order valence-electron chi connectivity index (χ0n) is 10.3. The van der Waals surface area contributed by atoms with Crippen LogP contribution in [-0.4, -0.2) is 33.3 Å². The van der Waals surface area contributed by atoms with Crippen molar-refractivity contribution in [2.45, 2.75) is 11.8 Å². The van der Waals surface area contributed by atoms with Crippen LogP contribution in [0.4, 0.5) is 4.79 Å². The van der Waals surface area contributed by atoms with Crippen LogP contribution in [0.15, 0.2) is 29.2 Å². The molecule has 0 saturated heterocycles. The molecule has 0 unspecified atom stereocenters. The van der Waals surface area contributed by atoms with Gasteiger partial charge in [-0.1, -0.05) is 12.1 Å². The van der Waals surface area contributed by atoms with Gasteiger partial charge in [-0.05, 0) is 19.1 Å². The number of primary amides is 1. The summed E-state index contributed by atoms with van der Waals surface area (Å²) in [5, 5.41) is 2.26. The Kier molecular flexibility index (Phi) is 5.02. The van der Waals surface area contributed by atoms with Crippen molar-refractivity contribution in [1.29, 1.82) is 0 Å². The first kappa shape index (κ1) is 15.1. The van der Waals surface area contributed by atoms with Gasteiger partial charge in [0.2, 0.25) is 10.0 Å². The van der Waals surface area contributed by atoms with Crippen LogP contribution in [0.3, 0.4) is 0 Å². The molecule has 1 rings (SSSR count).